The molecule has 0 spiro atoms. The molecule has 1 saturated carbocycles. The van der Waals surface area contributed by atoms with E-state index in [1.165, 1.54) is 17.5 Å². The average molecular weight is 204 g/mol. The van der Waals surface area contributed by atoms with Crippen LogP contribution in [0, 0.1) is 18.3 Å². The van der Waals surface area contributed by atoms with Crippen LogP contribution in [0.25, 0.3) is 0 Å². The van der Waals surface area contributed by atoms with Crippen molar-refractivity contribution >= 4 is 0 Å². The second kappa shape index (κ2) is 3.64. The second-order valence-electron chi connectivity index (χ2n) is 5.56. The van der Waals surface area contributed by atoms with Gasteiger partial charge in [0.1, 0.15) is 0 Å². The third-order valence-electron chi connectivity index (χ3n) is 3.62. The molecule has 1 nitrogen and oxygen atoms in total. The fraction of sp³-hybridized carbons (Fsp3) is 0.571. The summed E-state index contributed by atoms with van der Waals surface area (Å²) in [7, 11) is 0. The van der Waals surface area contributed by atoms with Gasteiger partial charge in [-0.05, 0) is 36.7 Å². The molecule has 1 aliphatic rings. The molecule has 2 rings (SSSR count). The Morgan fingerprint density at radius 3 is 2.33 bits per heavy atom. The topological polar surface area (TPSA) is 20.2 Å². The van der Waals surface area contributed by atoms with Gasteiger partial charge in [0.25, 0.3) is 0 Å². The normalized spacial score (nSPS) is 24.9. The van der Waals surface area contributed by atoms with E-state index in [-0.39, 0.29) is 6.10 Å². The first-order valence-electron chi connectivity index (χ1n) is 5.73. The van der Waals surface area contributed by atoms with Crippen LogP contribution in [-0.4, -0.2) is 11.2 Å². The fourth-order valence-electron chi connectivity index (χ4n) is 2.27. The van der Waals surface area contributed by atoms with E-state index in [0.717, 1.165) is 6.42 Å². The molecular weight excluding hydrogens is 184 g/mol. The fourth-order valence-corrected chi connectivity index (χ4v) is 2.27. The molecule has 15 heavy (non-hydrogen) atoms. The van der Waals surface area contributed by atoms with Gasteiger partial charge in [-0.2, -0.15) is 0 Å². The predicted molar refractivity (Wildman–Crippen MR) is 62.8 cm³/mol. The molecule has 0 radical (unpaired) electrons. The van der Waals surface area contributed by atoms with E-state index in [9.17, 15) is 5.11 Å². The van der Waals surface area contributed by atoms with Crippen molar-refractivity contribution in [1.29, 1.82) is 0 Å². The average Bonchev–Trinajstić information content (AvgIpc) is 2.79. The van der Waals surface area contributed by atoms with Gasteiger partial charge in [0.05, 0.1) is 6.10 Å². The Balaban J connectivity index is 1.95. The number of hydrogen-bond donors (Lipinski definition) is 1. The lowest BCUT2D eigenvalue weighted by atomic mass is 9.99. The molecule has 0 bridgehead atoms. The van der Waals surface area contributed by atoms with Gasteiger partial charge >= 0.3 is 0 Å². The molecule has 1 aromatic rings. The van der Waals surface area contributed by atoms with Crippen molar-refractivity contribution in [1.82, 2.24) is 0 Å². The molecule has 1 aliphatic carbocycles. The summed E-state index contributed by atoms with van der Waals surface area (Å²) in [5.74, 6) is 0.499. The molecule has 82 valence electrons. The summed E-state index contributed by atoms with van der Waals surface area (Å²) >= 11 is 0. The second-order valence-corrected chi connectivity index (χ2v) is 5.56. The Bertz CT molecular complexity index is 337. The van der Waals surface area contributed by atoms with Gasteiger partial charge in [-0.15, -0.1) is 0 Å². The first-order chi connectivity index (χ1) is 6.99. The molecule has 2 unspecified atom stereocenters. The van der Waals surface area contributed by atoms with Crippen LogP contribution in [-0.2, 0) is 6.42 Å². The van der Waals surface area contributed by atoms with Crippen LogP contribution in [0.2, 0.25) is 0 Å². The molecule has 0 aliphatic heterocycles. The lowest BCUT2D eigenvalue weighted by Gasteiger charge is -2.12. The van der Waals surface area contributed by atoms with Crippen molar-refractivity contribution in [3.8, 4) is 0 Å². The first-order valence-corrected chi connectivity index (χ1v) is 5.73. The number of rotatable bonds is 3. The molecule has 0 amide bonds. The zero-order valence-corrected chi connectivity index (χ0v) is 9.83. The minimum atomic E-state index is -0.164. The summed E-state index contributed by atoms with van der Waals surface area (Å²) in [6.07, 6.45) is 1.80. The summed E-state index contributed by atoms with van der Waals surface area (Å²) in [6, 6.07) is 8.46. The van der Waals surface area contributed by atoms with Crippen LogP contribution in [0.15, 0.2) is 24.3 Å². The third-order valence-corrected chi connectivity index (χ3v) is 3.62. The van der Waals surface area contributed by atoms with Gasteiger partial charge in [0.2, 0.25) is 0 Å². The van der Waals surface area contributed by atoms with Gasteiger partial charge in [-0.1, -0.05) is 43.7 Å². The third kappa shape index (κ3) is 2.40. The highest BCUT2D eigenvalue weighted by Gasteiger charge is 2.49. The summed E-state index contributed by atoms with van der Waals surface area (Å²) in [5, 5.41) is 10.0. The van der Waals surface area contributed by atoms with E-state index < -0.39 is 0 Å². The lowest BCUT2D eigenvalue weighted by Crippen LogP contribution is -2.16. The zero-order chi connectivity index (χ0) is 11.1. The van der Waals surface area contributed by atoms with Crippen LogP contribution >= 0.6 is 0 Å². The van der Waals surface area contributed by atoms with E-state index >= 15 is 0 Å². The Kier molecular flexibility index (Phi) is 2.59. The highest BCUT2D eigenvalue weighted by Crippen LogP contribution is 2.53. The van der Waals surface area contributed by atoms with Gasteiger partial charge in [-0.3, -0.25) is 0 Å². The summed E-state index contributed by atoms with van der Waals surface area (Å²) in [4.78, 5) is 0. The molecule has 0 heterocycles. The van der Waals surface area contributed by atoms with Crippen molar-refractivity contribution in [3.05, 3.63) is 35.4 Å². The number of benzene rings is 1. The minimum absolute atomic E-state index is 0.164. The number of aliphatic hydroxyl groups is 1. The zero-order valence-electron chi connectivity index (χ0n) is 9.83. The maximum absolute atomic E-state index is 10.0. The van der Waals surface area contributed by atoms with Gasteiger partial charge in [0, 0.05) is 0 Å². The molecule has 1 heteroatoms. The van der Waals surface area contributed by atoms with Gasteiger partial charge in [-0.25, -0.2) is 0 Å². The summed E-state index contributed by atoms with van der Waals surface area (Å²) in [5.41, 5.74) is 2.89. The summed E-state index contributed by atoms with van der Waals surface area (Å²) < 4.78 is 0. The molecular formula is C14H20O. The van der Waals surface area contributed by atoms with Crippen molar-refractivity contribution in [2.45, 2.75) is 39.7 Å². The Morgan fingerprint density at radius 1 is 1.33 bits per heavy atom. The van der Waals surface area contributed by atoms with Crippen LogP contribution < -0.4 is 0 Å². The van der Waals surface area contributed by atoms with Gasteiger partial charge in [0.15, 0.2) is 0 Å². The number of hydrogen-bond acceptors (Lipinski definition) is 1. The quantitative estimate of drug-likeness (QED) is 0.802. The van der Waals surface area contributed by atoms with Crippen molar-refractivity contribution in [3.63, 3.8) is 0 Å². The van der Waals surface area contributed by atoms with E-state index in [4.69, 9.17) is 0 Å². The van der Waals surface area contributed by atoms with Crippen LogP contribution in [0.4, 0.5) is 0 Å². The maximum Gasteiger partial charge on any atom is 0.0614 e. The molecule has 1 aromatic carbocycles. The molecule has 0 aromatic heterocycles. The number of aryl methyl sites for hydroxylation is 1. The smallest absolute Gasteiger partial charge is 0.0614 e. The Labute approximate surface area is 92.1 Å². The molecule has 0 saturated heterocycles. The van der Waals surface area contributed by atoms with E-state index in [2.05, 4.69) is 45.0 Å². The van der Waals surface area contributed by atoms with Crippen LogP contribution in [0.5, 0.6) is 0 Å². The minimum Gasteiger partial charge on any atom is -0.392 e. The lowest BCUT2D eigenvalue weighted by molar-refractivity contribution is 0.137. The van der Waals surface area contributed by atoms with Gasteiger partial charge < -0.3 is 5.11 Å². The van der Waals surface area contributed by atoms with Crippen LogP contribution in [0.3, 0.4) is 0 Å². The van der Waals surface area contributed by atoms with E-state index in [0.29, 0.717) is 11.3 Å². The highest BCUT2D eigenvalue weighted by atomic mass is 16.3. The molecule has 1 fully saturated rings. The van der Waals surface area contributed by atoms with Crippen molar-refractivity contribution in [2.24, 2.45) is 11.3 Å². The highest BCUT2D eigenvalue weighted by molar-refractivity contribution is 5.22. The van der Waals surface area contributed by atoms with Crippen molar-refractivity contribution in [2.75, 3.05) is 0 Å². The predicted octanol–water partition coefficient (Wildman–Crippen LogP) is 2.94. The van der Waals surface area contributed by atoms with E-state index in [1.54, 1.807) is 0 Å². The largest absolute Gasteiger partial charge is 0.392 e. The van der Waals surface area contributed by atoms with Crippen LogP contribution in [0.1, 0.15) is 31.4 Å². The standard InChI is InChI=1S/C14H20O/c1-10-4-6-11(7-5-10)8-13(15)12-9-14(12,2)3/h4-7,12-13,15H,8-9H2,1-3H3. The Hall–Kier alpha value is -0.820. The molecule has 2 atom stereocenters. The molecule has 1 N–H and O–H groups in total. The Morgan fingerprint density at radius 2 is 1.87 bits per heavy atom. The number of aliphatic hydroxyl groups excluding tert-OH is 1. The summed E-state index contributed by atoms with van der Waals surface area (Å²) in [6.45, 7) is 6.55. The maximum atomic E-state index is 10.0. The SMILES string of the molecule is Cc1ccc(CC(O)C2CC2(C)C)cc1. The first kappa shape index (κ1) is 10.7. The van der Waals surface area contributed by atoms with Crippen molar-refractivity contribution < 1.29 is 5.11 Å². The van der Waals surface area contributed by atoms with E-state index in [1.807, 2.05) is 0 Å². The monoisotopic (exact) mass is 204 g/mol.